The number of nitriles is 1. The van der Waals surface area contributed by atoms with Gasteiger partial charge < -0.3 is 5.32 Å². The van der Waals surface area contributed by atoms with Crippen molar-refractivity contribution in [3.63, 3.8) is 0 Å². The third-order valence-corrected chi connectivity index (χ3v) is 3.10. The molecule has 0 amide bonds. The Morgan fingerprint density at radius 3 is 2.83 bits per heavy atom. The fourth-order valence-corrected chi connectivity index (χ4v) is 2.08. The summed E-state index contributed by atoms with van der Waals surface area (Å²) in [5.41, 5.74) is 1.73. The van der Waals surface area contributed by atoms with Crippen molar-refractivity contribution in [1.29, 1.82) is 5.26 Å². The fourth-order valence-electron chi connectivity index (χ4n) is 2.08. The summed E-state index contributed by atoms with van der Waals surface area (Å²) in [4.78, 5) is 8.24. The summed E-state index contributed by atoms with van der Waals surface area (Å²) in [5.74, 6) is 1.07. The number of benzene rings is 1. The Kier molecular flexibility index (Phi) is 2.66. The van der Waals surface area contributed by atoms with Gasteiger partial charge in [0.15, 0.2) is 0 Å². The summed E-state index contributed by atoms with van der Waals surface area (Å²) in [6.45, 7) is 0. The van der Waals surface area contributed by atoms with Gasteiger partial charge in [0.2, 0.25) is 5.95 Å². The van der Waals surface area contributed by atoms with Crippen molar-refractivity contribution in [2.24, 2.45) is 0 Å². The minimum Gasteiger partial charge on any atom is -0.351 e. The van der Waals surface area contributed by atoms with E-state index in [-0.39, 0.29) is 0 Å². The van der Waals surface area contributed by atoms with Crippen LogP contribution in [0, 0.1) is 11.3 Å². The molecule has 1 N–H and O–H groups in total. The van der Waals surface area contributed by atoms with E-state index in [2.05, 4.69) is 39.6 Å². The zero-order valence-corrected chi connectivity index (χ0v) is 9.74. The Balaban J connectivity index is 1.68. The van der Waals surface area contributed by atoms with Crippen molar-refractivity contribution in [2.75, 3.05) is 5.32 Å². The Hall–Kier alpha value is -2.41. The van der Waals surface area contributed by atoms with Gasteiger partial charge in [0, 0.05) is 18.2 Å². The number of nitrogens with zero attached hydrogens (tertiary/aromatic N) is 3. The lowest BCUT2D eigenvalue weighted by Crippen LogP contribution is -2.08. The smallest absolute Gasteiger partial charge is 0.224 e. The maximum absolute atomic E-state index is 8.77. The minimum atomic E-state index is 0.376. The third kappa shape index (κ3) is 2.16. The molecule has 0 radical (unpaired) electrons. The van der Waals surface area contributed by atoms with E-state index in [0.717, 1.165) is 6.42 Å². The number of aromatic nitrogens is 2. The molecule has 0 bridgehead atoms. The highest BCUT2D eigenvalue weighted by Crippen LogP contribution is 2.42. The van der Waals surface area contributed by atoms with Crippen LogP contribution in [-0.2, 0) is 0 Å². The van der Waals surface area contributed by atoms with Crippen LogP contribution in [-0.4, -0.2) is 16.0 Å². The van der Waals surface area contributed by atoms with Gasteiger partial charge in [-0.25, -0.2) is 9.97 Å². The van der Waals surface area contributed by atoms with Crippen LogP contribution in [0.3, 0.4) is 0 Å². The number of hydrogen-bond acceptors (Lipinski definition) is 4. The summed E-state index contributed by atoms with van der Waals surface area (Å²) in [5, 5.41) is 12.0. The Morgan fingerprint density at radius 1 is 1.22 bits per heavy atom. The molecular formula is C14H12N4. The predicted molar refractivity (Wildman–Crippen MR) is 68.0 cm³/mol. The molecule has 3 rings (SSSR count). The van der Waals surface area contributed by atoms with E-state index in [1.165, 1.54) is 5.56 Å². The highest BCUT2D eigenvalue weighted by molar-refractivity contribution is 5.38. The molecule has 1 fully saturated rings. The molecule has 2 unspecified atom stereocenters. The summed E-state index contributed by atoms with van der Waals surface area (Å²) in [7, 11) is 0. The molecule has 2 aromatic rings. The Bertz CT molecular complexity index is 588. The van der Waals surface area contributed by atoms with Gasteiger partial charge in [0.25, 0.3) is 0 Å². The second-order valence-corrected chi connectivity index (χ2v) is 4.38. The molecule has 4 nitrogen and oxygen atoms in total. The Morgan fingerprint density at radius 2 is 2.06 bits per heavy atom. The van der Waals surface area contributed by atoms with Gasteiger partial charge in [-0.05, 0) is 18.1 Å². The fraction of sp³-hybridized carbons (Fsp3) is 0.214. The van der Waals surface area contributed by atoms with Gasteiger partial charge in [-0.15, -0.1) is 0 Å². The molecule has 1 aromatic heterocycles. The van der Waals surface area contributed by atoms with Crippen LogP contribution < -0.4 is 5.32 Å². The molecule has 1 aromatic carbocycles. The van der Waals surface area contributed by atoms with E-state index in [0.29, 0.717) is 23.6 Å². The number of rotatable bonds is 3. The van der Waals surface area contributed by atoms with E-state index in [9.17, 15) is 0 Å². The van der Waals surface area contributed by atoms with Crippen LogP contribution in [0.2, 0.25) is 0 Å². The molecular weight excluding hydrogens is 224 g/mol. The topological polar surface area (TPSA) is 61.6 Å². The lowest BCUT2D eigenvalue weighted by Gasteiger charge is -2.03. The summed E-state index contributed by atoms with van der Waals surface area (Å²) in [6.07, 6.45) is 2.69. The lowest BCUT2D eigenvalue weighted by molar-refractivity contribution is 0.997. The molecule has 18 heavy (non-hydrogen) atoms. The van der Waals surface area contributed by atoms with Crippen molar-refractivity contribution < 1.29 is 0 Å². The summed E-state index contributed by atoms with van der Waals surface area (Å²) >= 11 is 0. The zero-order valence-electron chi connectivity index (χ0n) is 9.74. The van der Waals surface area contributed by atoms with E-state index in [4.69, 9.17) is 5.26 Å². The van der Waals surface area contributed by atoms with Crippen molar-refractivity contribution in [3.05, 3.63) is 53.9 Å². The van der Waals surface area contributed by atoms with Crippen molar-refractivity contribution >= 4 is 5.95 Å². The lowest BCUT2D eigenvalue weighted by atomic mass is 10.1. The number of anilines is 1. The molecule has 88 valence electrons. The SMILES string of the molecule is N#Cc1ccnc(NC2CC2c2ccccc2)n1. The van der Waals surface area contributed by atoms with E-state index >= 15 is 0 Å². The summed E-state index contributed by atoms with van der Waals surface area (Å²) in [6, 6.07) is 14.4. The van der Waals surface area contributed by atoms with Gasteiger partial charge in [-0.2, -0.15) is 5.26 Å². The van der Waals surface area contributed by atoms with Gasteiger partial charge in [0.1, 0.15) is 11.8 Å². The van der Waals surface area contributed by atoms with Gasteiger partial charge in [-0.3, -0.25) is 0 Å². The molecule has 1 saturated carbocycles. The number of nitrogens with one attached hydrogen (secondary N) is 1. The van der Waals surface area contributed by atoms with Crippen LogP contribution >= 0.6 is 0 Å². The molecule has 1 heterocycles. The molecule has 4 heteroatoms. The first-order valence-electron chi connectivity index (χ1n) is 5.91. The third-order valence-electron chi connectivity index (χ3n) is 3.10. The van der Waals surface area contributed by atoms with Gasteiger partial charge in [-0.1, -0.05) is 30.3 Å². The molecule has 0 saturated heterocycles. The normalized spacial score (nSPS) is 21.1. The van der Waals surface area contributed by atoms with E-state index in [1.807, 2.05) is 12.1 Å². The highest BCUT2D eigenvalue weighted by atomic mass is 15.1. The molecule has 0 aliphatic heterocycles. The van der Waals surface area contributed by atoms with Gasteiger partial charge >= 0.3 is 0 Å². The second kappa shape index (κ2) is 4.46. The summed E-state index contributed by atoms with van der Waals surface area (Å²) < 4.78 is 0. The highest BCUT2D eigenvalue weighted by Gasteiger charge is 2.38. The first-order chi connectivity index (χ1) is 8.86. The molecule has 0 spiro atoms. The van der Waals surface area contributed by atoms with Crippen molar-refractivity contribution in [3.8, 4) is 6.07 Å². The average Bonchev–Trinajstić information content (AvgIpc) is 3.19. The standard InChI is InChI=1S/C14H12N4/c15-9-11-6-7-16-14(17-11)18-13-8-12(13)10-4-2-1-3-5-10/h1-7,12-13H,8H2,(H,16,17,18). The zero-order chi connectivity index (χ0) is 12.4. The van der Waals surface area contributed by atoms with Crippen LogP contribution in [0.5, 0.6) is 0 Å². The molecule has 2 atom stereocenters. The predicted octanol–water partition coefficient (Wildman–Crippen LogP) is 2.32. The maximum atomic E-state index is 8.77. The molecule has 1 aliphatic rings. The first-order valence-corrected chi connectivity index (χ1v) is 5.91. The quantitative estimate of drug-likeness (QED) is 0.888. The van der Waals surface area contributed by atoms with Crippen LogP contribution in [0.4, 0.5) is 5.95 Å². The van der Waals surface area contributed by atoms with E-state index in [1.54, 1.807) is 12.3 Å². The first kappa shape index (κ1) is 10.7. The van der Waals surface area contributed by atoms with Crippen molar-refractivity contribution in [2.45, 2.75) is 18.4 Å². The van der Waals surface area contributed by atoms with Crippen LogP contribution in [0.15, 0.2) is 42.6 Å². The van der Waals surface area contributed by atoms with Crippen LogP contribution in [0.25, 0.3) is 0 Å². The van der Waals surface area contributed by atoms with Gasteiger partial charge in [0.05, 0.1) is 0 Å². The largest absolute Gasteiger partial charge is 0.351 e. The van der Waals surface area contributed by atoms with Crippen molar-refractivity contribution in [1.82, 2.24) is 9.97 Å². The maximum Gasteiger partial charge on any atom is 0.224 e. The van der Waals surface area contributed by atoms with Crippen LogP contribution in [0.1, 0.15) is 23.6 Å². The van der Waals surface area contributed by atoms with E-state index < -0.39 is 0 Å². The average molecular weight is 236 g/mol. The number of hydrogen-bond donors (Lipinski definition) is 1. The second-order valence-electron chi connectivity index (χ2n) is 4.38. The molecule has 1 aliphatic carbocycles. The monoisotopic (exact) mass is 236 g/mol. The Labute approximate surface area is 105 Å². The minimum absolute atomic E-state index is 0.376.